The first kappa shape index (κ1) is 22.0. The Kier molecular flexibility index (Phi) is 4.87. The van der Waals surface area contributed by atoms with Gasteiger partial charge in [0.1, 0.15) is 29.1 Å². The van der Waals surface area contributed by atoms with Gasteiger partial charge in [0.15, 0.2) is 5.82 Å². The van der Waals surface area contributed by atoms with Crippen molar-refractivity contribution in [2.24, 2.45) is 0 Å². The van der Waals surface area contributed by atoms with Gasteiger partial charge in [-0.25, -0.2) is 19.3 Å². The van der Waals surface area contributed by atoms with Crippen LogP contribution < -0.4 is 4.74 Å². The summed E-state index contributed by atoms with van der Waals surface area (Å²) < 4.78 is 54.3. The van der Waals surface area contributed by atoms with Crippen molar-refractivity contribution in [3.63, 3.8) is 0 Å². The monoisotopic (exact) mass is 482 g/mol. The summed E-state index contributed by atoms with van der Waals surface area (Å²) in [6, 6.07) is 7.66. The number of halogens is 3. The average Bonchev–Trinajstić information content (AvgIpc) is 3.25. The van der Waals surface area contributed by atoms with Crippen molar-refractivity contribution in [1.29, 1.82) is 0 Å². The van der Waals surface area contributed by atoms with Crippen LogP contribution in [0.5, 0.6) is 5.75 Å². The van der Waals surface area contributed by atoms with Crippen molar-refractivity contribution in [2.45, 2.75) is 51.2 Å². The van der Waals surface area contributed by atoms with Crippen molar-refractivity contribution in [1.82, 2.24) is 19.5 Å². The maximum atomic E-state index is 15.1. The molecule has 4 aromatic rings. The van der Waals surface area contributed by atoms with E-state index in [2.05, 4.69) is 15.0 Å². The summed E-state index contributed by atoms with van der Waals surface area (Å²) in [5.41, 5.74) is 1.93. The van der Waals surface area contributed by atoms with Gasteiger partial charge in [-0.05, 0) is 31.5 Å². The van der Waals surface area contributed by atoms with Gasteiger partial charge < -0.3 is 19.1 Å². The number of aliphatic hydroxyl groups is 1. The summed E-state index contributed by atoms with van der Waals surface area (Å²) in [5.74, 6) is 0.435. The number of benzene rings is 2. The molecule has 2 aliphatic heterocycles. The minimum Gasteiger partial charge on any atom is -0.434 e. The zero-order valence-corrected chi connectivity index (χ0v) is 18.9. The first-order valence-electron chi connectivity index (χ1n) is 11.2. The molecule has 7 nitrogen and oxygen atoms in total. The van der Waals surface area contributed by atoms with Gasteiger partial charge in [-0.1, -0.05) is 12.1 Å². The fourth-order valence-electron chi connectivity index (χ4n) is 4.98. The third-order valence-corrected chi connectivity index (χ3v) is 6.50. The number of nitrogens with zero attached hydrogens (tertiary/aromatic N) is 4. The van der Waals surface area contributed by atoms with Crippen molar-refractivity contribution < 1.29 is 27.8 Å². The third kappa shape index (κ3) is 3.55. The molecule has 1 N–H and O–H groups in total. The molecular weight excluding hydrogens is 461 g/mol. The molecule has 2 bridgehead atoms. The van der Waals surface area contributed by atoms with Crippen LogP contribution in [-0.4, -0.2) is 31.2 Å². The van der Waals surface area contributed by atoms with Crippen LogP contribution in [0.4, 0.5) is 13.2 Å². The highest BCUT2D eigenvalue weighted by Gasteiger charge is 2.41. The van der Waals surface area contributed by atoms with Crippen LogP contribution in [0.15, 0.2) is 42.7 Å². The number of imidazole rings is 1. The Hall–Kier alpha value is -3.50. The molecule has 2 aromatic heterocycles. The topological polar surface area (TPSA) is 82.3 Å². The molecule has 0 spiro atoms. The largest absolute Gasteiger partial charge is 0.434 e. The first-order chi connectivity index (χ1) is 16.7. The molecule has 2 aromatic carbocycles. The van der Waals surface area contributed by atoms with Crippen LogP contribution >= 0.6 is 0 Å². The van der Waals surface area contributed by atoms with E-state index in [-0.39, 0.29) is 35.9 Å². The maximum absolute atomic E-state index is 15.1. The number of alkyl halides is 2. The molecule has 4 heterocycles. The second-order valence-corrected chi connectivity index (χ2v) is 9.27. The number of aromatic nitrogens is 4. The second-order valence-electron chi connectivity index (χ2n) is 9.27. The van der Waals surface area contributed by atoms with Crippen molar-refractivity contribution in [3.05, 3.63) is 71.3 Å². The zero-order valence-electron chi connectivity index (χ0n) is 18.9. The zero-order chi connectivity index (χ0) is 24.5. The number of hydrogen-bond acceptors (Lipinski definition) is 6. The lowest BCUT2D eigenvalue weighted by atomic mass is 9.97. The molecule has 180 valence electrons. The number of rotatable bonds is 4. The Labute approximate surface area is 198 Å². The van der Waals surface area contributed by atoms with Crippen LogP contribution in [0.1, 0.15) is 55.2 Å². The Morgan fingerprint density at radius 3 is 2.69 bits per heavy atom. The smallest absolute Gasteiger partial charge is 0.387 e. The van der Waals surface area contributed by atoms with Gasteiger partial charge in [-0.2, -0.15) is 8.78 Å². The van der Waals surface area contributed by atoms with E-state index in [1.54, 1.807) is 26.0 Å². The Morgan fingerprint density at radius 2 is 1.97 bits per heavy atom. The highest BCUT2D eigenvalue weighted by atomic mass is 19.3. The molecule has 0 saturated carbocycles. The van der Waals surface area contributed by atoms with Gasteiger partial charge in [0.25, 0.3) is 0 Å². The lowest BCUT2D eigenvalue weighted by Gasteiger charge is -2.21. The van der Waals surface area contributed by atoms with Gasteiger partial charge in [0.2, 0.25) is 0 Å². The molecule has 0 unspecified atom stereocenters. The van der Waals surface area contributed by atoms with Gasteiger partial charge in [0, 0.05) is 41.6 Å². The molecule has 0 aliphatic carbocycles. The van der Waals surface area contributed by atoms with Crippen molar-refractivity contribution >= 4 is 11.0 Å². The van der Waals surface area contributed by atoms with Gasteiger partial charge >= 0.3 is 6.61 Å². The second kappa shape index (κ2) is 7.76. The molecule has 6 rings (SSSR count). The maximum Gasteiger partial charge on any atom is 0.387 e. The average molecular weight is 482 g/mol. The van der Waals surface area contributed by atoms with Crippen LogP contribution in [0.25, 0.3) is 22.2 Å². The standard InChI is InChI=1S/C25H21F3N4O3/c1-25(2,33)23-29-9-13(10-30-23)14-6-17-16(7-15(14)26)31-22-20-8-18(32(17)22)21-12(11-34-20)4-3-5-19(21)35-24(27)28/h3-7,9-10,18,20,24,33H,8,11H2,1-2H3/t18-,20-/m1/s1. The summed E-state index contributed by atoms with van der Waals surface area (Å²) in [6.07, 6.45) is 3.07. The SMILES string of the molecule is CC(C)(O)c1ncc(-c2cc3c(cc2F)nc2n3[C@@H]3C[C@H]2OCc2cccc(OC(F)F)c23)cn1. The summed E-state index contributed by atoms with van der Waals surface area (Å²) >= 11 is 0. The van der Waals surface area contributed by atoms with Gasteiger partial charge in [-0.3, -0.25) is 0 Å². The molecule has 0 radical (unpaired) electrons. The fourth-order valence-corrected chi connectivity index (χ4v) is 4.98. The number of hydrogen-bond donors (Lipinski definition) is 1. The molecule has 0 fully saturated rings. The summed E-state index contributed by atoms with van der Waals surface area (Å²) in [7, 11) is 0. The van der Waals surface area contributed by atoms with E-state index >= 15 is 4.39 Å². The van der Waals surface area contributed by atoms with E-state index < -0.39 is 18.0 Å². The van der Waals surface area contributed by atoms with E-state index in [1.807, 2.05) is 10.6 Å². The van der Waals surface area contributed by atoms with Gasteiger partial charge in [-0.15, -0.1) is 0 Å². The molecule has 2 aliphatic rings. The Balaban J connectivity index is 1.51. The summed E-state index contributed by atoms with van der Waals surface area (Å²) in [6.45, 7) is 0.410. The summed E-state index contributed by atoms with van der Waals surface area (Å²) in [4.78, 5) is 13.0. The Bertz CT molecular complexity index is 1450. The van der Waals surface area contributed by atoms with Crippen LogP contribution in [-0.2, 0) is 16.9 Å². The molecule has 10 heteroatoms. The minimum absolute atomic E-state index is 0.0967. The third-order valence-electron chi connectivity index (χ3n) is 6.50. The highest BCUT2D eigenvalue weighted by Crippen LogP contribution is 2.49. The fraction of sp³-hybridized carbons (Fsp3) is 0.320. The molecule has 0 amide bonds. The number of fused-ring (bicyclic) bond motifs is 9. The molecule has 35 heavy (non-hydrogen) atoms. The Morgan fingerprint density at radius 1 is 1.20 bits per heavy atom. The summed E-state index contributed by atoms with van der Waals surface area (Å²) in [5, 5.41) is 10.1. The predicted molar refractivity (Wildman–Crippen MR) is 119 cm³/mol. The van der Waals surface area contributed by atoms with Gasteiger partial charge in [0.05, 0.1) is 23.7 Å². The predicted octanol–water partition coefficient (Wildman–Crippen LogP) is 5.03. The minimum atomic E-state index is -2.96. The normalized spacial score (nSPS) is 19.1. The van der Waals surface area contributed by atoms with E-state index in [1.165, 1.54) is 24.5 Å². The van der Waals surface area contributed by atoms with Crippen LogP contribution in [0, 0.1) is 5.82 Å². The molecular formula is C25H21F3N4O3. The highest BCUT2D eigenvalue weighted by molar-refractivity contribution is 5.83. The van der Waals surface area contributed by atoms with Crippen molar-refractivity contribution in [3.8, 4) is 16.9 Å². The van der Waals surface area contributed by atoms with Crippen LogP contribution in [0.2, 0.25) is 0 Å². The molecule has 2 atom stereocenters. The van der Waals surface area contributed by atoms with E-state index in [0.29, 0.717) is 34.4 Å². The quantitative estimate of drug-likeness (QED) is 0.440. The van der Waals surface area contributed by atoms with E-state index in [4.69, 9.17) is 9.47 Å². The molecule has 0 saturated heterocycles. The number of ether oxygens (including phenoxy) is 2. The van der Waals surface area contributed by atoms with E-state index in [9.17, 15) is 13.9 Å². The lowest BCUT2D eigenvalue weighted by molar-refractivity contribution is -0.0507. The first-order valence-corrected chi connectivity index (χ1v) is 11.2. The van der Waals surface area contributed by atoms with Crippen LogP contribution in [0.3, 0.4) is 0 Å². The van der Waals surface area contributed by atoms with E-state index in [0.717, 1.165) is 5.56 Å². The van der Waals surface area contributed by atoms with Crippen molar-refractivity contribution in [2.75, 3.05) is 0 Å². The lowest BCUT2D eigenvalue weighted by Crippen LogP contribution is -2.19.